The Morgan fingerprint density at radius 2 is 2.00 bits per heavy atom. The standard InChI is InChI=1S/C14H22N2O/c1-9(8-17)10(2)16-14-7-13(15)11-5-3-4-6-12(11)14/h3-6,9-10,13-14,16-17H,7-8,15H2,1-2H3. The Kier molecular flexibility index (Phi) is 3.82. The summed E-state index contributed by atoms with van der Waals surface area (Å²) in [5.41, 5.74) is 8.71. The molecule has 0 aliphatic heterocycles. The molecule has 94 valence electrons. The fourth-order valence-corrected chi connectivity index (χ4v) is 2.47. The SMILES string of the molecule is CC(CO)C(C)NC1CC(N)c2ccccc21. The highest BCUT2D eigenvalue weighted by Gasteiger charge is 2.29. The molecule has 3 heteroatoms. The molecule has 0 spiro atoms. The third kappa shape index (κ3) is 2.51. The lowest BCUT2D eigenvalue weighted by atomic mass is 10.0. The lowest BCUT2D eigenvalue weighted by molar-refractivity contribution is 0.200. The fourth-order valence-electron chi connectivity index (χ4n) is 2.47. The zero-order chi connectivity index (χ0) is 12.4. The van der Waals surface area contributed by atoms with Gasteiger partial charge in [-0.15, -0.1) is 0 Å². The second-order valence-corrected chi connectivity index (χ2v) is 5.14. The van der Waals surface area contributed by atoms with Crippen LogP contribution >= 0.6 is 0 Å². The van der Waals surface area contributed by atoms with Gasteiger partial charge in [-0.05, 0) is 30.4 Å². The van der Waals surface area contributed by atoms with Gasteiger partial charge in [-0.3, -0.25) is 0 Å². The molecule has 0 fully saturated rings. The van der Waals surface area contributed by atoms with Crippen LogP contribution in [0.25, 0.3) is 0 Å². The maximum absolute atomic E-state index is 9.16. The minimum absolute atomic E-state index is 0.139. The molecule has 1 aliphatic carbocycles. The van der Waals surface area contributed by atoms with Gasteiger partial charge in [0.05, 0.1) is 0 Å². The molecule has 3 nitrogen and oxygen atoms in total. The average molecular weight is 234 g/mol. The number of hydrogen-bond donors (Lipinski definition) is 3. The summed E-state index contributed by atoms with van der Waals surface area (Å²) in [6.07, 6.45) is 0.946. The van der Waals surface area contributed by atoms with Crippen molar-refractivity contribution in [2.24, 2.45) is 11.7 Å². The van der Waals surface area contributed by atoms with E-state index in [-0.39, 0.29) is 18.6 Å². The largest absolute Gasteiger partial charge is 0.396 e. The van der Waals surface area contributed by atoms with Gasteiger partial charge in [0, 0.05) is 24.7 Å². The summed E-state index contributed by atoms with van der Waals surface area (Å²) in [5.74, 6) is 0.263. The first kappa shape index (κ1) is 12.6. The third-order valence-corrected chi connectivity index (χ3v) is 3.87. The molecule has 4 atom stereocenters. The summed E-state index contributed by atoms with van der Waals surface area (Å²) in [7, 11) is 0. The molecular weight excluding hydrogens is 212 g/mol. The first-order valence-corrected chi connectivity index (χ1v) is 6.34. The molecule has 17 heavy (non-hydrogen) atoms. The fraction of sp³-hybridized carbons (Fsp3) is 0.571. The molecule has 4 N–H and O–H groups in total. The van der Waals surface area contributed by atoms with E-state index in [0.29, 0.717) is 12.1 Å². The van der Waals surface area contributed by atoms with Gasteiger partial charge in [-0.25, -0.2) is 0 Å². The molecule has 0 saturated heterocycles. The quantitative estimate of drug-likeness (QED) is 0.743. The molecule has 1 aromatic rings. The van der Waals surface area contributed by atoms with Crippen LogP contribution in [0.4, 0.5) is 0 Å². The number of nitrogens with one attached hydrogen (secondary N) is 1. The first-order valence-electron chi connectivity index (χ1n) is 6.34. The number of aliphatic hydroxyl groups excluding tert-OH is 1. The van der Waals surface area contributed by atoms with Crippen LogP contribution in [0.15, 0.2) is 24.3 Å². The van der Waals surface area contributed by atoms with Crippen LogP contribution in [0.5, 0.6) is 0 Å². The third-order valence-electron chi connectivity index (χ3n) is 3.87. The minimum Gasteiger partial charge on any atom is -0.396 e. The first-order chi connectivity index (χ1) is 8.13. The van der Waals surface area contributed by atoms with Gasteiger partial charge >= 0.3 is 0 Å². The molecular formula is C14H22N2O. The number of rotatable bonds is 4. The van der Waals surface area contributed by atoms with Crippen LogP contribution in [-0.2, 0) is 0 Å². The maximum Gasteiger partial charge on any atom is 0.0471 e. The van der Waals surface area contributed by atoms with Gasteiger partial charge in [0.1, 0.15) is 0 Å². The lowest BCUT2D eigenvalue weighted by Crippen LogP contribution is -2.36. The van der Waals surface area contributed by atoms with E-state index in [1.54, 1.807) is 0 Å². The van der Waals surface area contributed by atoms with Crippen molar-refractivity contribution in [3.05, 3.63) is 35.4 Å². The number of benzene rings is 1. The van der Waals surface area contributed by atoms with Crippen LogP contribution in [0.3, 0.4) is 0 Å². The van der Waals surface area contributed by atoms with Gasteiger partial charge in [0.15, 0.2) is 0 Å². The summed E-state index contributed by atoms with van der Waals surface area (Å²) in [4.78, 5) is 0. The van der Waals surface area contributed by atoms with Gasteiger partial charge in [-0.2, -0.15) is 0 Å². The summed E-state index contributed by atoms with van der Waals surface area (Å²) in [6, 6.07) is 9.12. The van der Waals surface area contributed by atoms with E-state index in [1.165, 1.54) is 11.1 Å². The smallest absolute Gasteiger partial charge is 0.0471 e. The molecule has 2 rings (SSSR count). The number of hydrogen-bond acceptors (Lipinski definition) is 3. The van der Waals surface area contributed by atoms with Gasteiger partial charge in [-0.1, -0.05) is 31.2 Å². The molecule has 0 saturated carbocycles. The highest BCUT2D eigenvalue weighted by molar-refractivity contribution is 5.37. The molecule has 1 aliphatic rings. The monoisotopic (exact) mass is 234 g/mol. The zero-order valence-electron chi connectivity index (χ0n) is 10.6. The van der Waals surface area contributed by atoms with Crippen molar-refractivity contribution in [1.29, 1.82) is 0 Å². The van der Waals surface area contributed by atoms with Crippen molar-refractivity contribution in [2.45, 2.75) is 38.4 Å². The van der Waals surface area contributed by atoms with E-state index in [2.05, 4.69) is 37.4 Å². The average Bonchev–Trinajstić information content (AvgIpc) is 2.66. The van der Waals surface area contributed by atoms with E-state index in [4.69, 9.17) is 10.8 Å². The van der Waals surface area contributed by atoms with Crippen LogP contribution in [0, 0.1) is 5.92 Å². The Bertz CT molecular complexity index is 380. The van der Waals surface area contributed by atoms with E-state index in [0.717, 1.165) is 6.42 Å². The van der Waals surface area contributed by atoms with Gasteiger partial charge in [0.2, 0.25) is 0 Å². The molecule has 4 unspecified atom stereocenters. The molecule has 0 aromatic heterocycles. The summed E-state index contributed by atoms with van der Waals surface area (Å²) < 4.78 is 0. The highest BCUT2D eigenvalue weighted by atomic mass is 16.3. The molecule has 0 bridgehead atoms. The van der Waals surface area contributed by atoms with Crippen LogP contribution in [0.1, 0.15) is 43.5 Å². The Balaban J connectivity index is 2.10. The van der Waals surface area contributed by atoms with E-state index >= 15 is 0 Å². The van der Waals surface area contributed by atoms with Crippen molar-refractivity contribution in [3.63, 3.8) is 0 Å². The Hall–Kier alpha value is -0.900. The summed E-state index contributed by atoms with van der Waals surface area (Å²) in [5, 5.41) is 12.7. The molecule has 0 amide bonds. The lowest BCUT2D eigenvalue weighted by Gasteiger charge is -2.24. The summed E-state index contributed by atoms with van der Waals surface area (Å²) >= 11 is 0. The molecule has 0 heterocycles. The van der Waals surface area contributed by atoms with Crippen molar-refractivity contribution in [1.82, 2.24) is 5.32 Å². The number of aliphatic hydroxyl groups is 1. The maximum atomic E-state index is 9.16. The van der Waals surface area contributed by atoms with E-state index in [1.807, 2.05) is 6.07 Å². The predicted molar refractivity (Wildman–Crippen MR) is 69.6 cm³/mol. The normalized spacial score (nSPS) is 26.6. The van der Waals surface area contributed by atoms with E-state index in [9.17, 15) is 0 Å². The van der Waals surface area contributed by atoms with Crippen molar-refractivity contribution >= 4 is 0 Å². The molecule has 1 aromatic carbocycles. The van der Waals surface area contributed by atoms with Crippen molar-refractivity contribution < 1.29 is 5.11 Å². The van der Waals surface area contributed by atoms with Gasteiger partial charge in [0.25, 0.3) is 0 Å². The number of fused-ring (bicyclic) bond motifs is 1. The van der Waals surface area contributed by atoms with Gasteiger partial charge < -0.3 is 16.2 Å². The number of nitrogens with two attached hydrogens (primary N) is 1. The Labute approximate surface area is 103 Å². The van der Waals surface area contributed by atoms with Crippen LogP contribution in [0.2, 0.25) is 0 Å². The molecule has 0 radical (unpaired) electrons. The second kappa shape index (κ2) is 5.17. The zero-order valence-corrected chi connectivity index (χ0v) is 10.6. The van der Waals surface area contributed by atoms with Crippen molar-refractivity contribution in [3.8, 4) is 0 Å². The topological polar surface area (TPSA) is 58.3 Å². The summed E-state index contributed by atoms with van der Waals surface area (Å²) in [6.45, 7) is 4.39. The Morgan fingerprint density at radius 3 is 2.65 bits per heavy atom. The Morgan fingerprint density at radius 1 is 1.35 bits per heavy atom. The van der Waals surface area contributed by atoms with Crippen molar-refractivity contribution in [2.75, 3.05) is 6.61 Å². The van der Waals surface area contributed by atoms with Crippen LogP contribution in [-0.4, -0.2) is 17.8 Å². The predicted octanol–water partition coefficient (Wildman–Crippen LogP) is 1.74. The second-order valence-electron chi connectivity index (χ2n) is 5.14. The minimum atomic E-state index is 0.139. The van der Waals surface area contributed by atoms with Crippen LogP contribution < -0.4 is 11.1 Å². The van der Waals surface area contributed by atoms with E-state index < -0.39 is 0 Å². The highest BCUT2D eigenvalue weighted by Crippen LogP contribution is 2.37.